The minimum atomic E-state index is -0.701. The maximum Gasteiger partial charge on any atom is 0.293 e. The van der Waals surface area contributed by atoms with Crippen molar-refractivity contribution < 1.29 is 13.2 Å². The zero-order valence-corrected chi connectivity index (χ0v) is 7.73. The molecule has 0 aliphatic heterocycles. The molecule has 0 unspecified atom stereocenters. The molecule has 2 aromatic rings. The van der Waals surface area contributed by atoms with Crippen LogP contribution in [0.5, 0.6) is 0 Å². The van der Waals surface area contributed by atoms with Crippen LogP contribution in [0, 0.1) is 11.6 Å². The third-order valence-electron chi connectivity index (χ3n) is 1.53. The molecule has 0 aliphatic carbocycles. The largest absolute Gasteiger partial charge is 0.420 e. The lowest BCUT2D eigenvalue weighted by atomic mass is 10.3. The Morgan fingerprint density at radius 3 is 2.85 bits per heavy atom. The molecule has 0 aliphatic rings. The van der Waals surface area contributed by atoms with E-state index in [0.717, 1.165) is 6.07 Å². The summed E-state index contributed by atoms with van der Waals surface area (Å²) in [6.07, 6.45) is 0. The van der Waals surface area contributed by atoms with E-state index in [0.29, 0.717) is 0 Å². The molecule has 0 radical (unpaired) electrons. The van der Waals surface area contributed by atoms with Gasteiger partial charge in [0.15, 0.2) is 22.7 Å². The number of nitrogens with zero attached hydrogens (tertiary/aromatic N) is 1. The Morgan fingerprint density at radius 2 is 2.15 bits per heavy atom. The first-order chi connectivity index (χ1) is 6.09. The molecule has 3 nitrogen and oxygen atoms in total. The molecule has 1 aromatic heterocycles. The molecule has 68 valence electrons. The number of fused-ring (bicyclic) bond motifs is 1. The summed E-state index contributed by atoms with van der Waals surface area (Å²) < 4.78 is 30.9. The van der Waals surface area contributed by atoms with Gasteiger partial charge in [-0.05, 0) is 22.0 Å². The average Bonchev–Trinajstić information content (AvgIpc) is 2.44. The lowest BCUT2D eigenvalue weighted by molar-refractivity contribution is 0.561. The van der Waals surface area contributed by atoms with Gasteiger partial charge in [0, 0.05) is 0 Å². The fourth-order valence-electron chi connectivity index (χ4n) is 1.00. The quantitative estimate of drug-likeness (QED) is 0.729. The van der Waals surface area contributed by atoms with Gasteiger partial charge >= 0.3 is 0 Å². The fourth-order valence-corrected chi connectivity index (χ4v) is 1.39. The number of anilines is 1. The third-order valence-corrected chi connectivity index (χ3v) is 2.11. The molecule has 2 rings (SSSR count). The second kappa shape index (κ2) is 2.66. The lowest BCUT2D eigenvalue weighted by Gasteiger charge is -1.94. The maximum absolute atomic E-state index is 13.2. The summed E-state index contributed by atoms with van der Waals surface area (Å²) in [5, 5.41) is 0. The van der Waals surface area contributed by atoms with E-state index >= 15 is 0 Å². The highest BCUT2D eigenvalue weighted by molar-refractivity contribution is 9.10. The van der Waals surface area contributed by atoms with Gasteiger partial charge in [-0.2, -0.15) is 4.98 Å². The van der Waals surface area contributed by atoms with Crippen molar-refractivity contribution in [2.75, 3.05) is 5.73 Å². The van der Waals surface area contributed by atoms with Crippen molar-refractivity contribution in [2.24, 2.45) is 0 Å². The molecule has 0 bridgehead atoms. The van der Waals surface area contributed by atoms with E-state index in [4.69, 9.17) is 5.73 Å². The Morgan fingerprint density at radius 1 is 1.46 bits per heavy atom. The molecule has 0 fully saturated rings. The molecule has 1 aromatic carbocycles. The maximum atomic E-state index is 13.2. The number of hydrogen-bond donors (Lipinski definition) is 1. The number of halogens is 3. The number of nitrogens with two attached hydrogens (primary N) is 1. The minimum absolute atomic E-state index is 0.00852. The van der Waals surface area contributed by atoms with Gasteiger partial charge in [-0.1, -0.05) is 0 Å². The highest BCUT2D eigenvalue weighted by Crippen LogP contribution is 2.28. The normalized spacial score (nSPS) is 11.0. The standard InChI is InChI=1S/C7H3BrF2N2O/c8-2-1-3(9)6-5(4(2)10)12-7(11)13-6/h1H,(H2,11,12). The second-order valence-corrected chi connectivity index (χ2v) is 3.24. The van der Waals surface area contributed by atoms with Crippen molar-refractivity contribution in [2.45, 2.75) is 0 Å². The van der Waals surface area contributed by atoms with E-state index in [9.17, 15) is 8.78 Å². The van der Waals surface area contributed by atoms with Gasteiger partial charge in [0.2, 0.25) is 0 Å². The van der Waals surface area contributed by atoms with Crippen molar-refractivity contribution >= 4 is 33.0 Å². The Bertz CT molecular complexity index is 483. The lowest BCUT2D eigenvalue weighted by Crippen LogP contribution is -1.85. The van der Waals surface area contributed by atoms with Crippen LogP contribution in [0.3, 0.4) is 0 Å². The predicted molar refractivity (Wildman–Crippen MR) is 46.0 cm³/mol. The number of oxazole rings is 1. The average molecular weight is 249 g/mol. The highest BCUT2D eigenvalue weighted by Gasteiger charge is 2.16. The van der Waals surface area contributed by atoms with Gasteiger partial charge in [0.25, 0.3) is 6.01 Å². The first kappa shape index (κ1) is 8.43. The van der Waals surface area contributed by atoms with E-state index in [-0.39, 0.29) is 21.6 Å². The van der Waals surface area contributed by atoms with E-state index in [1.807, 2.05) is 0 Å². The van der Waals surface area contributed by atoms with E-state index in [1.165, 1.54) is 0 Å². The van der Waals surface area contributed by atoms with Crippen LogP contribution in [0.25, 0.3) is 11.1 Å². The van der Waals surface area contributed by atoms with Crippen LogP contribution in [0.2, 0.25) is 0 Å². The number of nitrogen functional groups attached to an aromatic ring is 1. The van der Waals surface area contributed by atoms with Gasteiger partial charge in [-0.3, -0.25) is 0 Å². The van der Waals surface area contributed by atoms with Crippen LogP contribution >= 0.6 is 15.9 Å². The molecule has 2 N–H and O–H groups in total. The van der Waals surface area contributed by atoms with Gasteiger partial charge in [-0.25, -0.2) is 8.78 Å². The Hall–Kier alpha value is -1.17. The van der Waals surface area contributed by atoms with Crippen LogP contribution in [0.15, 0.2) is 15.0 Å². The summed E-state index contributed by atoms with van der Waals surface area (Å²) in [5.74, 6) is -1.38. The van der Waals surface area contributed by atoms with Crippen molar-refractivity contribution in [3.63, 3.8) is 0 Å². The molecule has 0 saturated heterocycles. The van der Waals surface area contributed by atoms with Crippen LogP contribution in [0.1, 0.15) is 0 Å². The molecule has 0 amide bonds. The van der Waals surface area contributed by atoms with Crippen molar-refractivity contribution in [3.05, 3.63) is 22.2 Å². The predicted octanol–water partition coefficient (Wildman–Crippen LogP) is 2.45. The van der Waals surface area contributed by atoms with Crippen molar-refractivity contribution in [1.82, 2.24) is 4.98 Å². The molecular weight excluding hydrogens is 246 g/mol. The summed E-state index contributed by atoms with van der Waals surface area (Å²) >= 11 is 2.84. The molecule has 0 atom stereocenters. The zero-order chi connectivity index (χ0) is 9.59. The third kappa shape index (κ3) is 1.17. The van der Waals surface area contributed by atoms with Gasteiger partial charge in [0.1, 0.15) is 0 Å². The summed E-state index contributed by atoms with van der Waals surface area (Å²) in [5.41, 5.74) is 4.68. The molecule has 0 spiro atoms. The van der Waals surface area contributed by atoms with Crippen LogP contribution < -0.4 is 5.73 Å². The Kier molecular flexibility index (Phi) is 1.73. The van der Waals surface area contributed by atoms with E-state index in [2.05, 4.69) is 25.3 Å². The van der Waals surface area contributed by atoms with E-state index < -0.39 is 11.6 Å². The SMILES string of the molecule is Nc1nc2c(F)c(Br)cc(F)c2o1. The first-order valence-corrected chi connectivity index (χ1v) is 4.08. The number of rotatable bonds is 0. The number of benzene rings is 1. The zero-order valence-electron chi connectivity index (χ0n) is 6.14. The van der Waals surface area contributed by atoms with Crippen molar-refractivity contribution in [1.29, 1.82) is 0 Å². The minimum Gasteiger partial charge on any atom is -0.420 e. The van der Waals surface area contributed by atoms with Crippen LogP contribution in [-0.2, 0) is 0 Å². The monoisotopic (exact) mass is 248 g/mol. The van der Waals surface area contributed by atoms with Gasteiger partial charge < -0.3 is 10.2 Å². The second-order valence-electron chi connectivity index (χ2n) is 2.38. The molecule has 0 saturated carbocycles. The summed E-state index contributed by atoms with van der Waals surface area (Å²) in [6, 6.07) is 0.702. The Labute approximate surface area is 79.7 Å². The first-order valence-electron chi connectivity index (χ1n) is 3.29. The summed E-state index contributed by atoms with van der Waals surface area (Å²) in [7, 11) is 0. The molecule has 1 heterocycles. The van der Waals surface area contributed by atoms with Gasteiger partial charge in [0.05, 0.1) is 4.47 Å². The number of aromatic nitrogens is 1. The van der Waals surface area contributed by atoms with Crippen LogP contribution in [0.4, 0.5) is 14.8 Å². The van der Waals surface area contributed by atoms with Crippen LogP contribution in [-0.4, -0.2) is 4.98 Å². The van der Waals surface area contributed by atoms with E-state index in [1.54, 1.807) is 0 Å². The summed E-state index contributed by atoms with van der Waals surface area (Å²) in [4.78, 5) is 3.50. The molecule has 13 heavy (non-hydrogen) atoms. The van der Waals surface area contributed by atoms with Crippen molar-refractivity contribution in [3.8, 4) is 0 Å². The smallest absolute Gasteiger partial charge is 0.293 e. The number of hydrogen-bond acceptors (Lipinski definition) is 3. The summed E-state index contributed by atoms with van der Waals surface area (Å²) in [6.45, 7) is 0. The highest BCUT2D eigenvalue weighted by atomic mass is 79.9. The molecule has 6 heteroatoms. The molecular formula is C7H3BrF2N2O. The Balaban J connectivity index is 2.95. The fraction of sp³-hybridized carbons (Fsp3) is 0. The topological polar surface area (TPSA) is 52.0 Å². The van der Waals surface area contributed by atoms with Gasteiger partial charge in [-0.15, -0.1) is 0 Å².